The Hall–Kier alpha value is -2.33. The average molecular weight is 388 g/mol. The van der Waals surface area contributed by atoms with E-state index < -0.39 is 23.4 Å². The van der Waals surface area contributed by atoms with E-state index in [1.54, 1.807) is 4.90 Å². The van der Waals surface area contributed by atoms with Crippen LogP contribution >= 0.6 is 23.4 Å². The number of thioether (sulfide) groups is 1. The summed E-state index contributed by atoms with van der Waals surface area (Å²) in [6.45, 7) is 0.325. The summed E-state index contributed by atoms with van der Waals surface area (Å²) in [5.74, 6) is -0.529. The van der Waals surface area contributed by atoms with Crippen LogP contribution in [0.25, 0.3) is 0 Å². The predicted molar refractivity (Wildman–Crippen MR) is 91.7 cm³/mol. The Balaban J connectivity index is 1.75. The Morgan fingerprint density at radius 1 is 1.44 bits per heavy atom. The van der Waals surface area contributed by atoms with Crippen LogP contribution in [0.1, 0.15) is 6.42 Å². The molecular formula is C14H14ClN3O6S. The number of ether oxygens (including phenoxy) is 1. The van der Waals surface area contributed by atoms with Gasteiger partial charge in [0.25, 0.3) is 16.8 Å². The molecule has 0 aromatic heterocycles. The summed E-state index contributed by atoms with van der Waals surface area (Å²) in [6.07, 6.45) is -0.00212. The van der Waals surface area contributed by atoms with Crippen molar-refractivity contribution in [2.75, 3.05) is 30.8 Å². The first-order valence-corrected chi connectivity index (χ1v) is 8.54. The van der Waals surface area contributed by atoms with Crippen molar-refractivity contribution in [3.63, 3.8) is 0 Å². The fourth-order valence-corrected chi connectivity index (χ4v) is 3.05. The third-order valence-electron chi connectivity index (χ3n) is 3.23. The Kier molecular flexibility index (Phi) is 6.59. The van der Waals surface area contributed by atoms with E-state index >= 15 is 0 Å². The van der Waals surface area contributed by atoms with Gasteiger partial charge in [0.1, 0.15) is 0 Å². The second kappa shape index (κ2) is 8.67. The van der Waals surface area contributed by atoms with Crippen LogP contribution in [0.15, 0.2) is 18.2 Å². The highest BCUT2D eigenvalue weighted by atomic mass is 35.5. The molecule has 0 radical (unpaired) electrons. The van der Waals surface area contributed by atoms with Gasteiger partial charge in [-0.3, -0.25) is 24.5 Å². The van der Waals surface area contributed by atoms with Gasteiger partial charge in [0.15, 0.2) is 6.61 Å². The summed E-state index contributed by atoms with van der Waals surface area (Å²) in [5.41, 5.74) is -0.0305. The highest BCUT2D eigenvalue weighted by Crippen LogP contribution is 2.26. The molecule has 0 bridgehead atoms. The number of hydrogen-bond acceptors (Lipinski definition) is 7. The highest BCUT2D eigenvalue weighted by Gasteiger charge is 2.22. The van der Waals surface area contributed by atoms with Crippen LogP contribution in [-0.4, -0.2) is 52.4 Å². The number of benzene rings is 1. The third-order valence-corrected chi connectivity index (χ3v) is 4.44. The van der Waals surface area contributed by atoms with Crippen molar-refractivity contribution in [1.82, 2.24) is 4.90 Å². The summed E-state index contributed by atoms with van der Waals surface area (Å²) in [7, 11) is 0. The fourth-order valence-electron chi connectivity index (χ4n) is 1.98. The normalized spacial score (nSPS) is 13.6. The first-order chi connectivity index (χ1) is 11.9. The number of carbonyl (C=O) groups is 3. The lowest BCUT2D eigenvalue weighted by Crippen LogP contribution is -2.27. The minimum absolute atomic E-state index is 0.000998. The summed E-state index contributed by atoms with van der Waals surface area (Å²) in [6, 6.07) is 3.59. The van der Waals surface area contributed by atoms with Gasteiger partial charge in [-0.2, -0.15) is 0 Å². The number of hydrogen-bond donors (Lipinski definition) is 1. The Morgan fingerprint density at radius 2 is 2.20 bits per heavy atom. The van der Waals surface area contributed by atoms with Gasteiger partial charge in [-0.1, -0.05) is 23.4 Å². The molecule has 1 heterocycles. The van der Waals surface area contributed by atoms with Gasteiger partial charge in [0.05, 0.1) is 22.1 Å². The number of carbonyl (C=O) groups excluding carboxylic acids is 3. The number of amides is 2. The first-order valence-electron chi connectivity index (χ1n) is 7.18. The van der Waals surface area contributed by atoms with Crippen LogP contribution in [0.2, 0.25) is 5.02 Å². The minimum Gasteiger partial charge on any atom is -0.456 e. The summed E-state index contributed by atoms with van der Waals surface area (Å²) >= 11 is 7.05. The number of rotatable bonds is 7. The molecule has 1 aliphatic heterocycles. The third kappa shape index (κ3) is 5.61. The van der Waals surface area contributed by atoms with Crippen LogP contribution in [-0.2, 0) is 14.3 Å². The lowest BCUT2D eigenvalue weighted by atomic mass is 10.3. The monoisotopic (exact) mass is 387 g/mol. The SMILES string of the molecule is O=C(COC(=O)CCN1CCSC1=O)Nc1ccc([N+](=O)[O-])cc1Cl. The molecule has 2 rings (SSSR count). The van der Waals surface area contributed by atoms with Crippen molar-refractivity contribution in [3.8, 4) is 0 Å². The van der Waals surface area contributed by atoms with E-state index in [1.165, 1.54) is 23.9 Å². The van der Waals surface area contributed by atoms with E-state index in [-0.39, 0.29) is 34.6 Å². The standard InChI is InChI=1S/C14H14ClN3O6S/c15-10-7-9(18(22)23)1-2-11(10)16-12(19)8-24-13(20)3-4-17-5-6-25-14(17)21/h1-2,7H,3-6,8H2,(H,16,19). The second-order valence-electron chi connectivity index (χ2n) is 4.98. The minimum atomic E-state index is -0.628. The molecule has 1 N–H and O–H groups in total. The zero-order valence-corrected chi connectivity index (χ0v) is 14.5. The Morgan fingerprint density at radius 3 is 2.80 bits per heavy atom. The van der Waals surface area contributed by atoms with Gasteiger partial charge in [0.2, 0.25) is 0 Å². The Bertz CT molecular complexity index is 714. The van der Waals surface area contributed by atoms with Crippen molar-refractivity contribution >= 4 is 51.9 Å². The molecule has 25 heavy (non-hydrogen) atoms. The maximum Gasteiger partial charge on any atom is 0.308 e. The van der Waals surface area contributed by atoms with Crippen molar-refractivity contribution in [3.05, 3.63) is 33.3 Å². The molecular weight excluding hydrogens is 374 g/mol. The van der Waals surface area contributed by atoms with Crippen molar-refractivity contribution < 1.29 is 24.0 Å². The van der Waals surface area contributed by atoms with Crippen molar-refractivity contribution in [1.29, 1.82) is 0 Å². The Labute approximate surface area is 151 Å². The molecule has 0 atom stereocenters. The number of nitro groups is 1. The smallest absolute Gasteiger partial charge is 0.308 e. The van der Waals surface area contributed by atoms with Crippen LogP contribution in [0.3, 0.4) is 0 Å². The molecule has 9 nitrogen and oxygen atoms in total. The molecule has 1 aromatic carbocycles. The van der Waals surface area contributed by atoms with Crippen molar-refractivity contribution in [2.45, 2.75) is 6.42 Å². The van der Waals surface area contributed by atoms with E-state index in [0.717, 1.165) is 6.07 Å². The molecule has 1 fully saturated rings. The molecule has 11 heteroatoms. The maximum absolute atomic E-state index is 11.8. The van der Waals surface area contributed by atoms with Crippen LogP contribution < -0.4 is 5.32 Å². The average Bonchev–Trinajstić information content (AvgIpc) is 2.97. The van der Waals surface area contributed by atoms with E-state index in [9.17, 15) is 24.5 Å². The van der Waals surface area contributed by atoms with Crippen LogP contribution in [0.5, 0.6) is 0 Å². The quantitative estimate of drug-likeness (QED) is 0.433. The molecule has 134 valence electrons. The molecule has 1 aromatic rings. The zero-order valence-electron chi connectivity index (χ0n) is 12.9. The van der Waals surface area contributed by atoms with Gasteiger partial charge in [-0.05, 0) is 6.07 Å². The van der Waals surface area contributed by atoms with Crippen molar-refractivity contribution in [2.24, 2.45) is 0 Å². The van der Waals surface area contributed by atoms with E-state index in [0.29, 0.717) is 12.3 Å². The van der Waals surface area contributed by atoms with Gasteiger partial charge in [-0.25, -0.2) is 0 Å². The molecule has 0 unspecified atom stereocenters. The summed E-state index contributed by atoms with van der Waals surface area (Å²) in [4.78, 5) is 46.3. The summed E-state index contributed by atoms with van der Waals surface area (Å²) < 4.78 is 4.83. The number of anilines is 1. The van der Waals surface area contributed by atoms with Gasteiger partial charge in [-0.15, -0.1) is 0 Å². The second-order valence-corrected chi connectivity index (χ2v) is 6.43. The summed E-state index contributed by atoms with van der Waals surface area (Å²) in [5, 5.41) is 12.9. The van der Waals surface area contributed by atoms with E-state index in [1.807, 2.05) is 0 Å². The molecule has 1 saturated heterocycles. The largest absolute Gasteiger partial charge is 0.456 e. The number of esters is 1. The number of halogens is 1. The maximum atomic E-state index is 11.8. The van der Waals surface area contributed by atoms with Gasteiger partial charge in [0, 0.05) is 31.0 Å². The topological polar surface area (TPSA) is 119 Å². The number of nitro benzene ring substituents is 1. The zero-order chi connectivity index (χ0) is 18.4. The van der Waals surface area contributed by atoms with Crippen LogP contribution in [0, 0.1) is 10.1 Å². The number of non-ortho nitro benzene ring substituents is 1. The number of nitrogens with one attached hydrogen (secondary N) is 1. The lowest BCUT2D eigenvalue weighted by Gasteiger charge is -2.13. The molecule has 0 saturated carbocycles. The van der Waals surface area contributed by atoms with Gasteiger partial charge >= 0.3 is 5.97 Å². The van der Waals surface area contributed by atoms with E-state index in [4.69, 9.17) is 16.3 Å². The molecule has 0 aliphatic carbocycles. The van der Waals surface area contributed by atoms with E-state index in [2.05, 4.69) is 5.32 Å². The molecule has 2 amide bonds. The molecule has 1 aliphatic rings. The number of nitrogens with zero attached hydrogens (tertiary/aromatic N) is 2. The molecule has 0 spiro atoms. The lowest BCUT2D eigenvalue weighted by molar-refractivity contribution is -0.384. The highest BCUT2D eigenvalue weighted by molar-refractivity contribution is 8.13. The van der Waals surface area contributed by atoms with Crippen LogP contribution in [0.4, 0.5) is 16.2 Å². The fraction of sp³-hybridized carbons (Fsp3) is 0.357. The first kappa shape index (κ1) is 19.0. The predicted octanol–water partition coefficient (Wildman–Crippen LogP) is 2.29. The van der Waals surface area contributed by atoms with Gasteiger partial charge < -0.3 is 15.0 Å².